The normalized spacial score (nSPS) is 10.1. The smallest absolute Gasteiger partial charge is 0.137 e. The summed E-state index contributed by atoms with van der Waals surface area (Å²) in [5.74, 6) is -0.176. The van der Waals surface area contributed by atoms with Crippen molar-refractivity contribution in [3.8, 4) is 0 Å². The predicted molar refractivity (Wildman–Crippen MR) is 55.8 cm³/mol. The minimum Gasteiger partial charge on any atom is -0.206 e. The van der Waals surface area contributed by atoms with E-state index < -0.39 is 0 Å². The zero-order valence-corrected chi connectivity index (χ0v) is 8.22. The Hall–Kier alpha value is -1.28. The molecule has 0 fully saturated rings. The quantitative estimate of drug-likeness (QED) is 0.715. The summed E-state index contributed by atoms with van der Waals surface area (Å²) in [6, 6.07) is 17.2. The van der Waals surface area contributed by atoms with E-state index in [1.54, 1.807) is 12.1 Å². The summed E-state index contributed by atoms with van der Waals surface area (Å²) >= 11 is 1.42. The van der Waals surface area contributed by atoms with Gasteiger partial charge in [-0.3, -0.25) is 0 Å². The topological polar surface area (TPSA) is 0 Å². The number of hydrogen-bond donors (Lipinski definition) is 0. The highest BCUT2D eigenvalue weighted by molar-refractivity contribution is 7.99. The summed E-state index contributed by atoms with van der Waals surface area (Å²) in [7, 11) is 0. The summed E-state index contributed by atoms with van der Waals surface area (Å²) in [4.78, 5) is 1.67. The average Bonchev–Trinajstić information content (AvgIpc) is 2.23. The molecule has 14 heavy (non-hydrogen) atoms. The van der Waals surface area contributed by atoms with E-state index in [1.165, 1.54) is 17.8 Å². The summed E-state index contributed by atoms with van der Waals surface area (Å²) in [6.45, 7) is 0. The van der Waals surface area contributed by atoms with Crippen molar-refractivity contribution in [1.82, 2.24) is 0 Å². The molecule has 0 bridgehead atoms. The molecule has 2 heteroatoms. The van der Waals surface area contributed by atoms with E-state index in [1.807, 2.05) is 30.3 Å². The molecule has 1 radical (unpaired) electrons. The lowest BCUT2D eigenvalue weighted by molar-refractivity contribution is 0.602. The van der Waals surface area contributed by atoms with Crippen LogP contribution in [-0.4, -0.2) is 0 Å². The van der Waals surface area contributed by atoms with E-state index in [0.717, 1.165) is 4.90 Å². The van der Waals surface area contributed by atoms with Crippen molar-refractivity contribution < 1.29 is 4.39 Å². The minimum atomic E-state index is -0.176. The van der Waals surface area contributed by atoms with Crippen molar-refractivity contribution in [2.45, 2.75) is 9.79 Å². The second-order valence-corrected chi connectivity index (χ2v) is 3.88. The van der Waals surface area contributed by atoms with E-state index in [2.05, 4.69) is 6.07 Å². The van der Waals surface area contributed by atoms with Crippen LogP contribution < -0.4 is 0 Å². The van der Waals surface area contributed by atoms with E-state index >= 15 is 0 Å². The molecule has 2 aromatic carbocycles. The molecule has 0 saturated carbocycles. The van der Waals surface area contributed by atoms with Crippen LogP contribution in [0.15, 0.2) is 58.3 Å². The third-order valence-electron chi connectivity index (χ3n) is 1.75. The Bertz CT molecular complexity index is 412. The molecule has 0 amide bonds. The van der Waals surface area contributed by atoms with Crippen molar-refractivity contribution in [3.05, 3.63) is 60.4 Å². The van der Waals surface area contributed by atoms with Gasteiger partial charge in [0.25, 0.3) is 0 Å². The zero-order chi connectivity index (χ0) is 9.80. The lowest BCUT2D eigenvalue weighted by atomic mass is 10.3. The molecule has 0 nitrogen and oxygen atoms in total. The van der Waals surface area contributed by atoms with Crippen LogP contribution >= 0.6 is 11.8 Å². The monoisotopic (exact) mass is 203 g/mol. The number of hydrogen-bond acceptors (Lipinski definition) is 1. The average molecular weight is 203 g/mol. The molecule has 2 aromatic rings. The third-order valence-corrected chi connectivity index (χ3v) is 2.81. The molecule has 2 rings (SSSR count). The molecule has 0 heterocycles. The fraction of sp³-hybridized carbons (Fsp3) is 0. The Balaban J connectivity index is 2.24. The first-order chi connectivity index (χ1) is 6.86. The molecule has 0 atom stereocenters. The summed E-state index contributed by atoms with van der Waals surface area (Å²) in [5.41, 5.74) is 0. The highest BCUT2D eigenvalue weighted by Crippen LogP contribution is 2.28. The van der Waals surface area contributed by atoms with Crippen molar-refractivity contribution in [2.75, 3.05) is 0 Å². The second-order valence-electron chi connectivity index (χ2n) is 2.77. The zero-order valence-electron chi connectivity index (χ0n) is 7.41. The summed E-state index contributed by atoms with van der Waals surface area (Å²) in [5, 5.41) is 0. The molecule has 69 valence electrons. The van der Waals surface area contributed by atoms with Crippen LogP contribution in [0.25, 0.3) is 0 Å². The molecule has 0 unspecified atom stereocenters. The van der Waals surface area contributed by atoms with Crippen molar-refractivity contribution in [1.29, 1.82) is 0 Å². The molecule has 0 saturated heterocycles. The highest BCUT2D eigenvalue weighted by Gasteiger charge is 2.01. The molecule has 0 aliphatic heterocycles. The molecule has 0 aliphatic carbocycles. The van der Waals surface area contributed by atoms with Gasteiger partial charge in [0.1, 0.15) is 5.82 Å². The second kappa shape index (κ2) is 4.29. The Morgan fingerprint density at radius 3 is 2.43 bits per heavy atom. The van der Waals surface area contributed by atoms with Crippen LogP contribution in [-0.2, 0) is 0 Å². The van der Waals surface area contributed by atoms with Crippen molar-refractivity contribution in [2.24, 2.45) is 0 Å². The maximum absolute atomic E-state index is 13.2. The van der Waals surface area contributed by atoms with Crippen molar-refractivity contribution in [3.63, 3.8) is 0 Å². The van der Waals surface area contributed by atoms with E-state index in [4.69, 9.17) is 0 Å². The maximum atomic E-state index is 13.2. The Morgan fingerprint density at radius 1 is 1.00 bits per heavy atom. The van der Waals surface area contributed by atoms with Gasteiger partial charge in [-0.1, -0.05) is 36.0 Å². The third kappa shape index (κ3) is 2.15. The van der Waals surface area contributed by atoms with Gasteiger partial charge in [-0.05, 0) is 30.3 Å². The number of benzene rings is 2. The molecule has 0 aliphatic rings. The lowest BCUT2D eigenvalue weighted by Gasteiger charge is -2.01. The molecule has 0 aromatic heterocycles. The summed E-state index contributed by atoms with van der Waals surface area (Å²) < 4.78 is 13.2. The first-order valence-electron chi connectivity index (χ1n) is 4.25. The lowest BCUT2D eigenvalue weighted by Crippen LogP contribution is -1.78. The number of rotatable bonds is 2. The minimum absolute atomic E-state index is 0.176. The Morgan fingerprint density at radius 2 is 1.71 bits per heavy atom. The van der Waals surface area contributed by atoms with E-state index in [-0.39, 0.29) is 5.82 Å². The Kier molecular flexibility index (Phi) is 2.84. The molecule has 0 N–H and O–H groups in total. The fourth-order valence-corrected chi connectivity index (χ4v) is 1.93. The van der Waals surface area contributed by atoms with Crippen molar-refractivity contribution >= 4 is 11.8 Å². The van der Waals surface area contributed by atoms with Gasteiger partial charge in [-0.25, -0.2) is 4.39 Å². The first kappa shape index (κ1) is 9.28. The highest BCUT2D eigenvalue weighted by atomic mass is 32.2. The van der Waals surface area contributed by atoms with Crippen LogP contribution in [0, 0.1) is 11.9 Å². The fourth-order valence-electron chi connectivity index (χ4n) is 1.09. The van der Waals surface area contributed by atoms with Crippen LogP contribution in [0.3, 0.4) is 0 Å². The number of halogens is 1. The van der Waals surface area contributed by atoms with Gasteiger partial charge in [0.2, 0.25) is 0 Å². The largest absolute Gasteiger partial charge is 0.206 e. The van der Waals surface area contributed by atoms with Gasteiger partial charge in [0.15, 0.2) is 0 Å². The first-order valence-corrected chi connectivity index (χ1v) is 5.06. The SMILES string of the molecule is Fc1ccccc1Sc1cc[c]cc1. The van der Waals surface area contributed by atoms with Gasteiger partial charge in [0.05, 0.1) is 0 Å². The van der Waals surface area contributed by atoms with Gasteiger partial charge in [-0.15, -0.1) is 0 Å². The standard InChI is InChI=1S/C12H8FS/c13-11-8-4-5-9-12(11)14-10-6-2-1-3-7-10/h2-9H. The van der Waals surface area contributed by atoms with E-state index in [0.29, 0.717) is 4.90 Å². The van der Waals surface area contributed by atoms with Crippen LogP contribution in [0.1, 0.15) is 0 Å². The van der Waals surface area contributed by atoms with Gasteiger partial charge in [0, 0.05) is 9.79 Å². The van der Waals surface area contributed by atoms with Crippen LogP contribution in [0.5, 0.6) is 0 Å². The molecular formula is C12H8FS. The predicted octanol–water partition coefficient (Wildman–Crippen LogP) is 3.78. The van der Waals surface area contributed by atoms with Crippen LogP contribution in [0.4, 0.5) is 4.39 Å². The van der Waals surface area contributed by atoms with E-state index in [9.17, 15) is 4.39 Å². The van der Waals surface area contributed by atoms with Gasteiger partial charge >= 0.3 is 0 Å². The van der Waals surface area contributed by atoms with Crippen LogP contribution in [0.2, 0.25) is 0 Å². The van der Waals surface area contributed by atoms with Gasteiger partial charge < -0.3 is 0 Å². The Labute approximate surface area is 86.8 Å². The molecule has 0 spiro atoms. The molecular weight excluding hydrogens is 195 g/mol. The maximum Gasteiger partial charge on any atom is 0.137 e. The summed E-state index contributed by atoms with van der Waals surface area (Å²) in [6.07, 6.45) is 0. The van der Waals surface area contributed by atoms with Gasteiger partial charge in [-0.2, -0.15) is 0 Å².